The summed E-state index contributed by atoms with van der Waals surface area (Å²) in [7, 11) is 0. The third-order valence-electron chi connectivity index (χ3n) is 16.3. The molecule has 0 fully saturated rings. The van der Waals surface area contributed by atoms with Crippen LogP contribution in [0.4, 0.5) is 39.9 Å². The molecule has 0 saturated carbocycles. The maximum Gasteiger partial charge on any atom is 0.135 e. The van der Waals surface area contributed by atoms with Gasteiger partial charge in [-0.1, -0.05) is 180 Å². The molecular weight excluding hydrogens is 1180 g/mol. The standard InChI is InChI=1S/C74H57N6O.Pt/c1-73(2,3)48-40-41-75-71(44-48)80-65-35-18-9-26-55(65)53-24-7-8-25-54(53)60-39-38-52(46-68(60)80)81-51-23-21-22-50(45-51)76-47-77(67-37-20-19-36-66(67)76)72-69(78-61-31-14-10-27-56(61)57-28-11-15-32-62(57)78)42-49(74(4,5)6)43-70(72)79-63-33-16-12-29-58(63)59-30-13-17-34-64(59)79;/h7-44,47H,1-6H3;/q-3;. The van der Waals surface area contributed by atoms with Crippen LogP contribution in [0.3, 0.4) is 0 Å². The molecule has 13 aromatic rings. The number of benzene rings is 10. The van der Waals surface area contributed by atoms with Gasteiger partial charge in [0.2, 0.25) is 0 Å². The molecule has 0 bridgehead atoms. The van der Waals surface area contributed by atoms with E-state index in [0.717, 1.165) is 95.6 Å². The first-order valence-electron chi connectivity index (χ1n) is 27.9. The molecule has 2 aliphatic heterocycles. The topological polar surface area (TPSA) is 41.7 Å². The zero-order chi connectivity index (χ0) is 54.7. The average molecular weight is 1240 g/mol. The Labute approximate surface area is 493 Å². The number of aromatic nitrogens is 3. The number of fused-ring (bicyclic) bond motifs is 12. The molecule has 0 N–H and O–H groups in total. The van der Waals surface area contributed by atoms with Gasteiger partial charge in [-0.2, -0.15) is 12.1 Å². The number of hydrogen-bond acceptors (Lipinski definition) is 5. The number of anilines is 7. The normalized spacial score (nSPS) is 13.0. The maximum absolute atomic E-state index is 6.95. The molecule has 15 rings (SSSR count). The fourth-order valence-electron chi connectivity index (χ4n) is 12.4. The summed E-state index contributed by atoms with van der Waals surface area (Å²) >= 11 is 0. The van der Waals surface area contributed by atoms with E-state index in [-0.39, 0.29) is 31.9 Å². The second-order valence-electron chi connectivity index (χ2n) is 23.3. The number of ether oxygens (including phenoxy) is 1. The molecule has 7 nitrogen and oxygen atoms in total. The van der Waals surface area contributed by atoms with Crippen molar-refractivity contribution in [1.29, 1.82) is 0 Å². The summed E-state index contributed by atoms with van der Waals surface area (Å²) in [6, 6.07) is 88.2. The molecule has 0 saturated heterocycles. The SMILES string of the molecule is CC(C)(C)c1ccnc(N2c3[c-]c(Oc4[c-]c(N5[CH-]N(c6c(-n7c8ccccc8c8ccccc87)cc(C(C)(C)C)cc6-n6c7ccccc7c7ccccc76)c6ccccc65)ccc4)ccc3-c3ccccc3-c3ccccc32)c1.[Pt]. The van der Waals surface area contributed by atoms with Crippen molar-refractivity contribution in [3.8, 4) is 45.1 Å². The largest absolute Gasteiger partial charge is 0.509 e. The van der Waals surface area contributed by atoms with Crippen LogP contribution in [0.2, 0.25) is 0 Å². The van der Waals surface area contributed by atoms with Gasteiger partial charge in [0.15, 0.2) is 0 Å². The summed E-state index contributed by atoms with van der Waals surface area (Å²) in [6.45, 7) is 15.9. The molecule has 10 aromatic carbocycles. The predicted octanol–water partition coefficient (Wildman–Crippen LogP) is 19.8. The van der Waals surface area contributed by atoms with E-state index >= 15 is 0 Å². The van der Waals surface area contributed by atoms with E-state index in [9.17, 15) is 0 Å². The summed E-state index contributed by atoms with van der Waals surface area (Å²) in [5.41, 5.74) is 19.1. The van der Waals surface area contributed by atoms with Crippen LogP contribution in [-0.2, 0) is 31.9 Å². The minimum absolute atomic E-state index is 0. The molecule has 3 aromatic heterocycles. The van der Waals surface area contributed by atoms with Crippen LogP contribution >= 0.6 is 0 Å². The Morgan fingerprint density at radius 2 is 0.878 bits per heavy atom. The number of hydrogen-bond donors (Lipinski definition) is 0. The summed E-state index contributed by atoms with van der Waals surface area (Å²) < 4.78 is 11.9. The average Bonchev–Trinajstić information content (AvgIpc) is 4.33. The van der Waals surface area contributed by atoms with E-state index in [4.69, 9.17) is 9.72 Å². The fraction of sp³-hybridized carbons (Fsp3) is 0.108. The Morgan fingerprint density at radius 1 is 0.402 bits per heavy atom. The van der Waals surface area contributed by atoms with Gasteiger partial charge in [-0.25, -0.2) is 4.98 Å². The van der Waals surface area contributed by atoms with E-state index in [2.05, 4.69) is 297 Å². The quantitative estimate of drug-likeness (QED) is 0.149. The van der Waals surface area contributed by atoms with Gasteiger partial charge >= 0.3 is 0 Å². The van der Waals surface area contributed by atoms with Crippen molar-refractivity contribution < 1.29 is 25.8 Å². The molecule has 0 aliphatic carbocycles. The van der Waals surface area contributed by atoms with Crippen LogP contribution in [0.25, 0.3) is 77.2 Å². The van der Waals surface area contributed by atoms with E-state index < -0.39 is 0 Å². The molecule has 0 spiro atoms. The summed E-state index contributed by atoms with van der Waals surface area (Å²) in [5.74, 6) is 1.94. The molecule has 0 amide bonds. The predicted molar refractivity (Wildman–Crippen MR) is 335 cm³/mol. The van der Waals surface area contributed by atoms with E-state index in [0.29, 0.717) is 11.5 Å². The van der Waals surface area contributed by atoms with Crippen LogP contribution in [0.5, 0.6) is 11.5 Å². The smallest absolute Gasteiger partial charge is 0.135 e. The number of para-hydroxylation sites is 7. The molecule has 5 heterocycles. The van der Waals surface area contributed by atoms with Crippen molar-refractivity contribution in [2.24, 2.45) is 0 Å². The minimum atomic E-state index is -0.205. The number of nitrogens with zero attached hydrogens (tertiary/aromatic N) is 6. The van der Waals surface area contributed by atoms with Crippen LogP contribution < -0.4 is 19.4 Å². The van der Waals surface area contributed by atoms with E-state index in [1.807, 2.05) is 18.3 Å². The second-order valence-corrected chi connectivity index (χ2v) is 23.3. The third-order valence-corrected chi connectivity index (χ3v) is 16.3. The van der Waals surface area contributed by atoms with Gasteiger partial charge < -0.3 is 28.6 Å². The van der Waals surface area contributed by atoms with Gasteiger partial charge in [-0.05, 0) is 94.3 Å². The Kier molecular flexibility index (Phi) is 12.2. The number of rotatable bonds is 7. The monoisotopic (exact) mass is 1240 g/mol. The Hall–Kier alpha value is -9.16. The van der Waals surface area contributed by atoms with Crippen LogP contribution in [-0.4, -0.2) is 14.1 Å². The summed E-state index contributed by atoms with van der Waals surface area (Å²) in [6.07, 6.45) is 1.92. The van der Waals surface area contributed by atoms with Gasteiger partial charge in [-0.15, -0.1) is 48.3 Å². The van der Waals surface area contributed by atoms with Gasteiger partial charge in [0.25, 0.3) is 0 Å². The first-order chi connectivity index (χ1) is 39.5. The van der Waals surface area contributed by atoms with E-state index in [1.54, 1.807) is 0 Å². The van der Waals surface area contributed by atoms with Crippen molar-refractivity contribution in [1.82, 2.24) is 14.1 Å². The van der Waals surface area contributed by atoms with Crippen molar-refractivity contribution in [2.45, 2.75) is 52.4 Å². The van der Waals surface area contributed by atoms with Gasteiger partial charge in [0.1, 0.15) is 5.82 Å². The second kappa shape index (κ2) is 19.5. The van der Waals surface area contributed by atoms with Crippen molar-refractivity contribution in [3.05, 3.63) is 261 Å². The first-order valence-corrected chi connectivity index (χ1v) is 27.9. The van der Waals surface area contributed by atoms with Gasteiger partial charge in [0, 0.05) is 77.2 Å². The Bertz CT molecular complexity index is 4430. The molecule has 0 unspecified atom stereocenters. The van der Waals surface area contributed by atoms with E-state index in [1.165, 1.54) is 32.7 Å². The minimum Gasteiger partial charge on any atom is -0.509 e. The zero-order valence-corrected chi connectivity index (χ0v) is 48.7. The summed E-state index contributed by atoms with van der Waals surface area (Å²) in [4.78, 5) is 11.9. The molecule has 82 heavy (non-hydrogen) atoms. The van der Waals surface area contributed by atoms with Gasteiger partial charge in [-0.3, -0.25) is 0 Å². The Balaban J connectivity index is 0.00000602. The molecule has 2 aliphatic rings. The number of pyridine rings is 1. The Morgan fingerprint density at radius 3 is 1.44 bits per heavy atom. The van der Waals surface area contributed by atoms with Crippen molar-refractivity contribution in [3.63, 3.8) is 0 Å². The van der Waals surface area contributed by atoms with Gasteiger partial charge in [0.05, 0.1) is 44.8 Å². The summed E-state index contributed by atoms with van der Waals surface area (Å²) in [5, 5.41) is 4.83. The third kappa shape index (κ3) is 8.23. The molecule has 0 atom stereocenters. The van der Waals surface area contributed by atoms with Crippen molar-refractivity contribution in [2.75, 3.05) is 14.7 Å². The molecule has 402 valence electrons. The first kappa shape index (κ1) is 51.0. The zero-order valence-electron chi connectivity index (χ0n) is 46.4. The molecule has 0 radical (unpaired) electrons. The molecule has 8 heteroatoms. The molecular formula is C74H57N6OPt-3. The van der Waals surface area contributed by atoms with Crippen LogP contribution in [0.15, 0.2) is 231 Å². The van der Waals surface area contributed by atoms with Crippen LogP contribution in [0, 0.1) is 18.8 Å². The maximum atomic E-state index is 6.95. The fourth-order valence-corrected chi connectivity index (χ4v) is 12.4. The van der Waals surface area contributed by atoms with Crippen LogP contribution in [0.1, 0.15) is 52.7 Å². The van der Waals surface area contributed by atoms with Crippen molar-refractivity contribution >= 4 is 83.6 Å².